The number of hydrogen-bond acceptors (Lipinski definition) is 7. The van der Waals surface area contributed by atoms with E-state index in [4.69, 9.17) is 5.26 Å². The highest BCUT2D eigenvalue weighted by Crippen LogP contribution is 2.29. The number of likely N-dealkylation sites (tertiary alicyclic amines) is 1. The summed E-state index contributed by atoms with van der Waals surface area (Å²) in [6.45, 7) is 1.10. The Kier molecular flexibility index (Phi) is 7.02. The molecule has 2 aliphatic heterocycles. The molecule has 1 aromatic heterocycles. The highest BCUT2D eigenvalue weighted by molar-refractivity contribution is 7.89. The Labute approximate surface area is 176 Å². The summed E-state index contributed by atoms with van der Waals surface area (Å²) in [7, 11) is -0.736. The Morgan fingerprint density at radius 1 is 1.50 bits per heavy atom. The first kappa shape index (κ1) is 22.6. The molecule has 0 bridgehead atoms. The average Bonchev–Trinajstić information content (AvgIpc) is 3.13. The van der Waals surface area contributed by atoms with Gasteiger partial charge in [0.05, 0.1) is 24.9 Å². The zero-order chi connectivity index (χ0) is 21.9. The predicted octanol–water partition coefficient (Wildman–Crippen LogP) is -0.170. The molecular formula is C19H27FN6O3S. The van der Waals surface area contributed by atoms with Crippen LogP contribution in [-0.2, 0) is 14.8 Å². The number of nitrogens with zero attached hydrogens (tertiary/aromatic N) is 4. The van der Waals surface area contributed by atoms with Crippen molar-refractivity contribution >= 4 is 15.9 Å². The second-order valence-corrected chi connectivity index (χ2v) is 9.91. The van der Waals surface area contributed by atoms with Gasteiger partial charge in [0.15, 0.2) is 0 Å². The summed E-state index contributed by atoms with van der Waals surface area (Å²) in [5.41, 5.74) is 0.447. The van der Waals surface area contributed by atoms with Crippen molar-refractivity contribution in [3.05, 3.63) is 24.0 Å². The van der Waals surface area contributed by atoms with Crippen molar-refractivity contribution in [2.45, 2.75) is 41.9 Å². The molecule has 0 radical (unpaired) electrons. The zero-order valence-corrected chi connectivity index (χ0v) is 17.9. The van der Waals surface area contributed by atoms with Crippen LogP contribution in [0.1, 0.15) is 24.5 Å². The van der Waals surface area contributed by atoms with Gasteiger partial charge in [0.2, 0.25) is 15.9 Å². The van der Waals surface area contributed by atoms with Crippen molar-refractivity contribution in [3.8, 4) is 6.07 Å². The molecule has 0 unspecified atom stereocenters. The number of alkyl halides is 1. The minimum atomic E-state index is -3.68. The molecule has 3 rings (SSSR count). The highest BCUT2D eigenvalue weighted by Gasteiger charge is 2.37. The second kappa shape index (κ2) is 9.34. The van der Waals surface area contributed by atoms with E-state index in [2.05, 4.69) is 15.6 Å². The molecule has 4 atom stereocenters. The molecule has 0 saturated carbocycles. The van der Waals surface area contributed by atoms with E-state index in [9.17, 15) is 17.6 Å². The number of nitrogens with one attached hydrogen (secondary N) is 2. The van der Waals surface area contributed by atoms with Crippen LogP contribution in [0.15, 0.2) is 23.2 Å². The van der Waals surface area contributed by atoms with E-state index in [1.54, 1.807) is 12.3 Å². The summed E-state index contributed by atoms with van der Waals surface area (Å²) in [5, 5.41) is 15.6. The topological polar surface area (TPSA) is 118 Å². The molecule has 2 N–H and O–H groups in total. The van der Waals surface area contributed by atoms with Crippen molar-refractivity contribution < 1.29 is 17.6 Å². The number of carbonyl (C=O) groups excluding carboxylic acids is 1. The summed E-state index contributed by atoms with van der Waals surface area (Å²) < 4.78 is 40.3. The van der Waals surface area contributed by atoms with E-state index in [0.717, 1.165) is 4.31 Å². The highest BCUT2D eigenvalue weighted by atomic mass is 32.2. The fraction of sp³-hybridized carbons (Fsp3) is 0.632. The third kappa shape index (κ3) is 4.62. The van der Waals surface area contributed by atoms with E-state index in [1.807, 2.05) is 6.07 Å². The maximum absolute atomic E-state index is 13.6. The molecule has 11 heteroatoms. The largest absolute Gasteiger partial charge is 0.323 e. The number of carbonyl (C=O) groups is 1. The number of rotatable bonds is 6. The molecule has 3 heterocycles. The Balaban J connectivity index is 1.77. The van der Waals surface area contributed by atoms with Crippen LogP contribution in [0.4, 0.5) is 4.39 Å². The van der Waals surface area contributed by atoms with Crippen molar-refractivity contribution in [2.75, 3.05) is 40.3 Å². The number of amides is 1. The van der Waals surface area contributed by atoms with E-state index >= 15 is 0 Å². The van der Waals surface area contributed by atoms with Crippen LogP contribution in [0.2, 0.25) is 0 Å². The third-order valence-electron chi connectivity index (χ3n) is 5.63. The van der Waals surface area contributed by atoms with Gasteiger partial charge in [-0.15, -0.1) is 0 Å². The monoisotopic (exact) mass is 438 g/mol. The van der Waals surface area contributed by atoms with Crippen molar-refractivity contribution in [3.63, 3.8) is 0 Å². The number of sulfonamides is 1. The molecule has 2 fully saturated rings. The molecule has 9 nitrogen and oxygen atoms in total. The minimum absolute atomic E-state index is 0.0396. The van der Waals surface area contributed by atoms with Gasteiger partial charge in [-0.2, -0.15) is 5.26 Å². The molecule has 164 valence electrons. The molecule has 0 spiro atoms. The standard InChI is InChI=1S/C19H27FN6O3S/c1-25(2)30(28,29)17-4-3-6-23-19(17)15-10-22-7-5-16(15)24-11-18(27)26-12-13(20)8-14(26)9-21/h3-4,6,13-16,22,24H,5,7-8,10-12H2,1-2H3/t13-,14-,15-,16-/m0/s1. The van der Waals surface area contributed by atoms with E-state index in [-0.39, 0.29) is 42.3 Å². The van der Waals surface area contributed by atoms with E-state index < -0.39 is 22.2 Å². The van der Waals surface area contributed by atoms with Gasteiger partial charge < -0.3 is 15.5 Å². The molecule has 1 amide bonds. The molecule has 30 heavy (non-hydrogen) atoms. The first-order valence-electron chi connectivity index (χ1n) is 9.90. The van der Waals surface area contributed by atoms with Crippen LogP contribution >= 0.6 is 0 Å². The number of hydrogen-bond donors (Lipinski definition) is 2. The van der Waals surface area contributed by atoms with Gasteiger partial charge in [-0.25, -0.2) is 17.1 Å². The van der Waals surface area contributed by atoms with Crippen molar-refractivity contribution in [1.29, 1.82) is 5.26 Å². The van der Waals surface area contributed by atoms with Gasteiger partial charge in [-0.05, 0) is 25.1 Å². The lowest BCUT2D eigenvalue weighted by Gasteiger charge is -2.34. The lowest BCUT2D eigenvalue weighted by Crippen LogP contribution is -2.50. The molecule has 1 aromatic rings. The van der Waals surface area contributed by atoms with E-state index in [0.29, 0.717) is 25.2 Å². The summed E-state index contributed by atoms with van der Waals surface area (Å²) in [6, 6.07) is 4.17. The number of aromatic nitrogens is 1. The van der Waals surface area contributed by atoms with Crippen LogP contribution in [0.25, 0.3) is 0 Å². The smallest absolute Gasteiger partial charge is 0.244 e. The number of piperidine rings is 1. The third-order valence-corrected chi connectivity index (χ3v) is 7.49. The lowest BCUT2D eigenvalue weighted by atomic mass is 9.90. The maximum Gasteiger partial charge on any atom is 0.244 e. The van der Waals surface area contributed by atoms with Crippen molar-refractivity contribution in [1.82, 2.24) is 24.8 Å². The van der Waals surface area contributed by atoms with Gasteiger partial charge >= 0.3 is 0 Å². The number of nitriles is 1. The van der Waals surface area contributed by atoms with Gasteiger partial charge in [0.1, 0.15) is 17.1 Å². The molecular weight excluding hydrogens is 411 g/mol. The van der Waals surface area contributed by atoms with Gasteiger partial charge in [-0.1, -0.05) is 0 Å². The first-order valence-corrected chi connectivity index (χ1v) is 11.3. The van der Waals surface area contributed by atoms with Crippen LogP contribution < -0.4 is 10.6 Å². The van der Waals surface area contributed by atoms with Crippen LogP contribution in [-0.4, -0.2) is 87.0 Å². The van der Waals surface area contributed by atoms with Crippen LogP contribution in [0.5, 0.6) is 0 Å². The molecule has 0 aliphatic carbocycles. The normalized spacial score (nSPS) is 27.2. The zero-order valence-electron chi connectivity index (χ0n) is 17.1. The lowest BCUT2D eigenvalue weighted by molar-refractivity contribution is -0.130. The fourth-order valence-electron chi connectivity index (χ4n) is 3.99. The van der Waals surface area contributed by atoms with Crippen LogP contribution in [0, 0.1) is 11.3 Å². The summed E-state index contributed by atoms with van der Waals surface area (Å²) in [6.07, 6.45) is 1.09. The minimum Gasteiger partial charge on any atom is -0.323 e. The number of pyridine rings is 1. The maximum atomic E-state index is 13.6. The average molecular weight is 439 g/mol. The van der Waals surface area contributed by atoms with Gasteiger partial charge in [-0.3, -0.25) is 9.78 Å². The summed E-state index contributed by atoms with van der Waals surface area (Å²) in [5.74, 6) is -0.599. The Bertz CT molecular complexity index is 919. The van der Waals surface area contributed by atoms with E-state index in [1.165, 1.54) is 25.1 Å². The molecule has 0 aromatic carbocycles. The van der Waals surface area contributed by atoms with Crippen LogP contribution in [0.3, 0.4) is 0 Å². The van der Waals surface area contributed by atoms with Crippen molar-refractivity contribution in [2.24, 2.45) is 0 Å². The number of halogens is 1. The van der Waals surface area contributed by atoms with Gasteiger partial charge in [0.25, 0.3) is 0 Å². The second-order valence-electron chi connectivity index (χ2n) is 7.78. The molecule has 2 saturated heterocycles. The quantitative estimate of drug-likeness (QED) is 0.633. The Morgan fingerprint density at radius 3 is 2.97 bits per heavy atom. The fourth-order valence-corrected chi connectivity index (χ4v) is 5.10. The summed E-state index contributed by atoms with van der Waals surface area (Å²) >= 11 is 0. The Morgan fingerprint density at radius 2 is 2.27 bits per heavy atom. The molecule has 2 aliphatic rings. The summed E-state index contributed by atoms with van der Waals surface area (Å²) in [4.78, 5) is 18.4. The SMILES string of the molecule is CN(C)S(=O)(=O)c1cccnc1[C@H]1CNCC[C@@H]1NCC(=O)N1C[C@@H](F)C[C@H]1C#N. The Hall–Kier alpha value is -2.13. The van der Waals surface area contributed by atoms with Gasteiger partial charge in [0, 0.05) is 45.2 Å². The first-order chi connectivity index (χ1) is 14.3. The predicted molar refractivity (Wildman–Crippen MR) is 108 cm³/mol.